The number of carbonyl (C=O) groups is 1. The number of anilines is 1. The van der Waals surface area contributed by atoms with Gasteiger partial charge >= 0.3 is 13.2 Å². The molecule has 0 radical (unpaired) electrons. The summed E-state index contributed by atoms with van der Waals surface area (Å²) in [5.41, 5.74) is -0.0334. The monoisotopic (exact) mass is 389 g/mol. The molecule has 154 valence electrons. The molecule has 1 aromatic rings. The summed E-state index contributed by atoms with van der Waals surface area (Å²) in [5.74, 6) is 0.825. The average molecular weight is 389 g/mol. The van der Waals surface area contributed by atoms with Gasteiger partial charge in [-0.05, 0) is 50.7 Å². The van der Waals surface area contributed by atoms with E-state index in [1.54, 1.807) is 11.1 Å². The molecule has 8 heteroatoms. The highest BCUT2D eigenvalue weighted by molar-refractivity contribution is 6.62. The van der Waals surface area contributed by atoms with E-state index in [4.69, 9.17) is 9.31 Å². The van der Waals surface area contributed by atoms with E-state index in [1.165, 1.54) is 0 Å². The molecule has 0 aromatic carbocycles. The lowest BCUT2D eigenvalue weighted by atomic mass is 9.79. The third kappa shape index (κ3) is 3.85. The second-order valence-electron chi connectivity index (χ2n) is 9.84. The number of amides is 1. The fraction of sp³-hybridized carbons (Fsp3) is 0.700. The van der Waals surface area contributed by atoms with Gasteiger partial charge in [0.15, 0.2) is 0 Å². The van der Waals surface area contributed by atoms with E-state index in [9.17, 15) is 9.90 Å². The summed E-state index contributed by atoms with van der Waals surface area (Å²) in [4.78, 5) is 19.9. The van der Waals surface area contributed by atoms with Gasteiger partial charge in [0.1, 0.15) is 5.82 Å². The molecule has 0 aliphatic carbocycles. The molecule has 0 saturated carbocycles. The fourth-order valence-electron chi connectivity index (χ4n) is 3.69. The zero-order chi connectivity index (χ0) is 20.9. The van der Waals surface area contributed by atoms with Gasteiger partial charge in [-0.2, -0.15) is 0 Å². The normalized spacial score (nSPS) is 24.5. The van der Waals surface area contributed by atoms with Gasteiger partial charge in [-0.3, -0.25) is 0 Å². The summed E-state index contributed by atoms with van der Waals surface area (Å²) in [6.07, 6.45) is 0.907. The first-order valence-electron chi connectivity index (χ1n) is 9.88. The summed E-state index contributed by atoms with van der Waals surface area (Å²) in [7, 11) is -0.439. The van der Waals surface area contributed by atoms with Gasteiger partial charge in [0.05, 0.1) is 17.2 Å². The minimum Gasteiger partial charge on any atom is -0.465 e. The van der Waals surface area contributed by atoms with E-state index in [-0.39, 0.29) is 11.5 Å². The molecule has 2 saturated heterocycles. The lowest BCUT2D eigenvalue weighted by molar-refractivity contribution is 0.00578. The van der Waals surface area contributed by atoms with E-state index in [0.29, 0.717) is 19.6 Å². The van der Waals surface area contributed by atoms with Crippen molar-refractivity contribution in [2.45, 2.75) is 65.7 Å². The molecular formula is C20H32BN3O4. The minimum atomic E-state index is -0.862. The summed E-state index contributed by atoms with van der Waals surface area (Å²) in [5, 5.41) is 9.57. The third-order valence-electron chi connectivity index (χ3n) is 6.24. The Labute approximate surface area is 168 Å². The van der Waals surface area contributed by atoms with Crippen LogP contribution in [-0.2, 0) is 9.31 Å². The van der Waals surface area contributed by atoms with Crippen LogP contribution in [0.25, 0.3) is 0 Å². The number of aromatic nitrogens is 1. The van der Waals surface area contributed by atoms with Gasteiger partial charge in [-0.25, -0.2) is 9.78 Å². The van der Waals surface area contributed by atoms with Crippen molar-refractivity contribution in [3.05, 3.63) is 18.3 Å². The molecular weight excluding hydrogens is 357 g/mol. The van der Waals surface area contributed by atoms with Gasteiger partial charge in [-0.15, -0.1) is 0 Å². The van der Waals surface area contributed by atoms with Gasteiger partial charge in [0, 0.05) is 25.8 Å². The molecule has 1 aromatic heterocycles. The van der Waals surface area contributed by atoms with Crippen molar-refractivity contribution < 1.29 is 19.2 Å². The summed E-state index contributed by atoms with van der Waals surface area (Å²) in [6, 6.07) is 3.81. The lowest BCUT2D eigenvalue weighted by Crippen LogP contribution is -2.59. The van der Waals surface area contributed by atoms with E-state index in [1.807, 2.05) is 39.8 Å². The molecule has 3 rings (SSSR count). The SMILES string of the molecule is CC(C)(C)C1CN(c2cc(B3OC(C)(C)C(C)(C)O3)ccn2)CCN1C(=O)O. The van der Waals surface area contributed by atoms with Crippen LogP contribution in [0.5, 0.6) is 0 Å². The Balaban J connectivity index is 1.82. The third-order valence-corrected chi connectivity index (χ3v) is 6.24. The molecule has 1 unspecified atom stereocenters. The Morgan fingerprint density at radius 3 is 2.36 bits per heavy atom. The van der Waals surface area contributed by atoms with Crippen molar-refractivity contribution in [1.29, 1.82) is 0 Å². The average Bonchev–Trinajstić information content (AvgIpc) is 2.81. The maximum Gasteiger partial charge on any atom is 0.495 e. The Morgan fingerprint density at radius 1 is 1.21 bits per heavy atom. The van der Waals surface area contributed by atoms with Gasteiger partial charge in [0.25, 0.3) is 0 Å². The zero-order valence-electron chi connectivity index (χ0n) is 18.0. The topological polar surface area (TPSA) is 75.1 Å². The molecule has 2 fully saturated rings. The summed E-state index contributed by atoms with van der Waals surface area (Å²) in [6.45, 7) is 16.0. The van der Waals surface area contributed by atoms with Gasteiger partial charge in [0.2, 0.25) is 0 Å². The number of nitrogens with zero attached hydrogens (tertiary/aromatic N) is 3. The predicted molar refractivity (Wildman–Crippen MR) is 110 cm³/mol. The molecule has 0 bridgehead atoms. The first-order valence-corrected chi connectivity index (χ1v) is 9.88. The van der Waals surface area contributed by atoms with Crippen LogP contribution in [-0.4, -0.2) is 65.1 Å². The van der Waals surface area contributed by atoms with Crippen LogP contribution in [0, 0.1) is 5.41 Å². The van der Waals surface area contributed by atoms with Crippen LogP contribution in [0.15, 0.2) is 18.3 Å². The van der Waals surface area contributed by atoms with E-state index < -0.39 is 24.4 Å². The quantitative estimate of drug-likeness (QED) is 0.784. The van der Waals surface area contributed by atoms with Crippen LogP contribution >= 0.6 is 0 Å². The van der Waals surface area contributed by atoms with Crippen LogP contribution in [0.2, 0.25) is 0 Å². The molecule has 2 aliphatic heterocycles. The molecule has 1 amide bonds. The minimum absolute atomic E-state index is 0.110. The molecule has 2 aliphatic rings. The molecule has 0 spiro atoms. The second kappa shape index (κ2) is 6.92. The number of hydrogen-bond acceptors (Lipinski definition) is 5. The number of piperazine rings is 1. The van der Waals surface area contributed by atoms with Crippen LogP contribution < -0.4 is 10.4 Å². The van der Waals surface area contributed by atoms with Crippen LogP contribution in [0.4, 0.5) is 10.6 Å². The summed E-state index contributed by atoms with van der Waals surface area (Å²) < 4.78 is 12.3. The van der Waals surface area contributed by atoms with Crippen molar-refractivity contribution in [2.24, 2.45) is 5.41 Å². The van der Waals surface area contributed by atoms with Crippen molar-refractivity contribution in [2.75, 3.05) is 24.5 Å². The molecule has 28 heavy (non-hydrogen) atoms. The predicted octanol–water partition coefficient (Wildman–Crippen LogP) is 2.60. The smallest absolute Gasteiger partial charge is 0.465 e. The Morgan fingerprint density at radius 2 is 1.82 bits per heavy atom. The molecule has 7 nitrogen and oxygen atoms in total. The number of hydrogen-bond donors (Lipinski definition) is 1. The molecule has 1 N–H and O–H groups in total. The Bertz CT molecular complexity index is 731. The standard InChI is InChI=1S/C20H32BN3O4/c1-18(2,3)15-13-23(10-11-24(15)17(25)26)16-12-14(8-9-22-16)21-27-19(4,5)20(6,7)28-21/h8-9,12,15H,10-11,13H2,1-7H3,(H,25,26). The Hall–Kier alpha value is -1.80. The summed E-state index contributed by atoms with van der Waals surface area (Å²) >= 11 is 0. The number of pyridine rings is 1. The lowest BCUT2D eigenvalue weighted by Gasteiger charge is -2.46. The first kappa shape index (κ1) is 20.9. The molecule has 1 atom stereocenters. The van der Waals surface area contributed by atoms with Crippen LogP contribution in [0.3, 0.4) is 0 Å². The van der Waals surface area contributed by atoms with Gasteiger partial charge in [-0.1, -0.05) is 20.8 Å². The zero-order valence-corrected chi connectivity index (χ0v) is 18.0. The molecule has 3 heterocycles. The first-order chi connectivity index (χ1) is 12.8. The van der Waals surface area contributed by atoms with E-state index >= 15 is 0 Å². The van der Waals surface area contributed by atoms with Crippen molar-refractivity contribution in [3.8, 4) is 0 Å². The Kier molecular flexibility index (Phi) is 5.17. The maximum atomic E-state index is 11.7. The largest absolute Gasteiger partial charge is 0.495 e. The van der Waals surface area contributed by atoms with Crippen molar-refractivity contribution in [1.82, 2.24) is 9.88 Å². The van der Waals surface area contributed by atoms with E-state index in [2.05, 4.69) is 30.7 Å². The number of carboxylic acid groups (broad SMARTS) is 1. The number of rotatable bonds is 2. The fourth-order valence-corrected chi connectivity index (χ4v) is 3.69. The van der Waals surface area contributed by atoms with Crippen molar-refractivity contribution >= 4 is 24.5 Å². The van der Waals surface area contributed by atoms with Crippen molar-refractivity contribution in [3.63, 3.8) is 0 Å². The van der Waals surface area contributed by atoms with E-state index in [0.717, 1.165) is 11.3 Å². The highest BCUT2D eigenvalue weighted by atomic mass is 16.7. The van der Waals surface area contributed by atoms with Crippen LogP contribution in [0.1, 0.15) is 48.5 Å². The van der Waals surface area contributed by atoms with Gasteiger partial charge < -0.3 is 24.2 Å². The highest BCUT2D eigenvalue weighted by Gasteiger charge is 2.51. The highest BCUT2D eigenvalue weighted by Crippen LogP contribution is 2.36. The maximum absolute atomic E-state index is 11.7. The second-order valence-corrected chi connectivity index (χ2v) is 9.84.